The Morgan fingerprint density at radius 3 is 2.53 bits per heavy atom. The Kier molecular flexibility index (Phi) is 4.18. The molecule has 2 N–H and O–H groups in total. The maximum absolute atomic E-state index is 5.91. The summed E-state index contributed by atoms with van der Waals surface area (Å²) in [5, 5.41) is 2.15. The smallest absolute Gasteiger partial charge is 0.0564 e. The molecule has 1 saturated heterocycles. The molecule has 1 aromatic heterocycles. The van der Waals surface area contributed by atoms with E-state index in [0.29, 0.717) is 6.04 Å². The van der Waals surface area contributed by atoms with Gasteiger partial charge in [-0.15, -0.1) is 11.3 Å². The molecule has 0 spiro atoms. The monoisotopic (exact) mass is 224 g/mol. The van der Waals surface area contributed by atoms with E-state index < -0.39 is 0 Å². The Morgan fingerprint density at radius 2 is 2.00 bits per heavy atom. The molecule has 1 fully saturated rings. The average molecular weight is 224 g/mol. The molecule has 2 rings (SSSR count). The zero-order valence-corrected chi connectivity index (χ0v) is 10.0. The largest absolute Gasteiger partial charge is 0.329 e. The third kappa shape index (κ3) is 2.80. The number of rotatable bonds is 3. The molecule has 0 unspecified atom stereocenters. The van der Waals surface area contributed by atoms with Crippen molar-refractivity contribution in [3.63, 3.8) is 0 Å². The lowest BCUT2D eigenvalue weighted by atomic mass is 10.2. The molecule has 1 aromatic rings. The van der Waals surface area contributed by atoms with Crippen molar-refractivity contribution in [2.24, 2.45) is 5.73 Å². The van der Waals surface area contributed by atoms with E-state index >= 15 is 0 Å². The van der Waals surface area contributed by atoms with E-state index in [9.17, 15) is 0 Å². The van der Waals surface area contributed by atoms with Crippen LogP contribution in [-0.2, 0) is 0 Å². The molecule has 1 aliphatic rings. The summed E-state index contributed by atoms with van der Waals surface area (Å²) in [6.45, 7) is 3.19. The first-order chi connectivity index (χ1) is 7.42. The standard InChI is InChI=1S/C12H20N2S/c13-10-11(12-6-5-9-15-12)14-7-3-1-2-4-8-14/h5-6,9,11H,1-4,7-8,10,13H2/t11-/m1/s1. The number of nitrogens with two attached hydrogens (primary N) is 1. The lowest BCUT2D eigenvalue weighted by Crippen LogP contribution is -2.34. The fourth-order valence-corrected chi connectivity index (χ4v) is 3.21. The van der Waals surface area contributed by atoms with Gasteiger partial charge in [-0.25, -0.2) is 0 Å². The summed E-state index contributed by atoms with van der Waals surface area (Å²) in [5.41, 5.74) is 5.91. The van der Waals surface area contributed by atoms with Crippen molar-refractivity contribution >= 4 is 11.3 Å². The van der Waals surface area contributed by atoms with Crippen LogP contribution in [0.25, 0.3) is 0 Å². The molecular weight excluding hydrogens is 204 g/mol. The van der Waals surface area contributed by atoms with Crippen LogP contribution in [0.1, 0.15) is 36.6 Å². The second-order valence-corrected chi connectivity index (χ2v) is 5.20. The van der Waals surface area contributed by atoms with Gasteiger partial charge in [-0.2, -0.15) is 0 Å². The Bertz CT molecular complexity index is 263. The van der Waals surface area contributed by atoms with Gasteiger partial charge in [-0.3, -0.25) is 4.90 Å². The number of hydrogen-bond donors (Lipinski definition) is 1. The number of nitrogens with zero attached hydrogens (tertiary/aromatic N) is 1. The zero-order valence-electron chi connectivity index (χ0n) is 9.19. The van der Waals surface area contributed by atoms with Crippen LogP contribution >= 0.6 is 11.3 Å². The summed E-state index contributed by atoms with van der Waals surface area (Å²) in [4.78, 5) is 4.00. The Labute approximate surface area is 96.1 Å². The van der Waals surface area contributed by atoms with Crippen LogP contribution < -0.4 is 5.73 Å². The van der Waals surface area contributed by atoms with Gasteiger partial charge in [0, 0.05) is 11.4 Å². The van der Waals surface area contributed by atoms with Gasteiger partial charge >= 0.3 is 0 Å². The highest BCUT2D eigenvalue weighted by molar-refractivity contribution is 7.10. The van der Waals surface area contributed by atoms with E-state index in [0.717, 1.165) is 6.54 Å². The normalized spacial score (nSPS) is 21.1. The lowest BCUT2D eigenvalue weighted by molar-refractivity contribution is 0.212. The van der Waals surface area contributed by atoms with Crippen molar-refractivity contribution in [1.29, 1.82) is 0 Å². The van der Waals surface area contributed by atoms with E-state index in [1.165, 1.54) is 43.6 Å². The highest BCUT2D eigenvalue weighted by atomic mass is 32.1. The van der Waals surface area contributed by atoms with Gasteiger partial charge in [0.25, 0.3) is 0 Å². The summed E-state index contributed by atoms with van der Waals surface area (Å²) in [5.74, 6) is 0. The molecule has 0 saturated carbocycles. The van der Waals surface area contributed by atoms with Crippen molar-refractivity contribution in [2.45, 2.75) is 31.7 Å². The molecule has 1 aliphatic heterocycles. The number of hydrogen-bond acceptors (Lipinski definition) is 3. The summed E-state index contributed by atoms with van der Waals surface area (Å²) < 4.78 is 0. The molecule has 0 radical (unpaired) electrons. The molecular formula is C12H20N2S. The summed E-state index contributed by atoms with van der Waals surface area (Å²) in [6, 6.07) is 4.80. The maximum atomic E-state index is 5.91. The molecule has 2 heterocycles. The molecule has 84 valence electrons. The first-order valence-electron chi connectivity index (χ1n) is 5.89. The summed E-state index contributed by atoms with van der Waals surface area (Å²) in [6.07, 6.45) is 5.44. The van der Waals surface area contributed by atoms with Crippen molar-refractivity contribution in [3.05, 3.63) is 22.4 Å². The minimum absolute atomic E-state index is 0.461. The second-order valence-electron chi connectivity index (χ2n) is 4.22. The van der Waals surface area contributed by atoms with Gasteiger partial charge in [-0.1, -0.05) is 18.9 Å². The molecule has 0 aliphatic carbocycles. The molecule has 0 amide bonds. The van der Waals surface area contributed by atoms with E-state index in [2.05, 4.69) is 22.4 Å². The minimum Gasteiger partial charge on any atom is -0.329 e. The van der Waals surface area contributed by atoms with Crippen LogP contribution in [0.5, 0.6) is 0 Å². The van der Waals surface area contributed by atoms with Gasteiger partial charge in [0.1, 0.15) is 0 Å². The first kappa shape index (κ1) is 11.1. The molecule has 0 aromatic carbocycles. The van der Waals surface area contributed by atoms with Crippen LogP contribution in [0.4, 0.5) is 0 Å². The van der Waals surface area contributed by atoms with Crippen LogP contribution in [0.15, 0.2) is 17.5 Å². The Hall–Kier alpha value is -0.380. The molecule has 0 bridgehead atoms. The van der Waals surface area contributed by atoms with Gasteiger partial charge in [0.05, 0.1) is 6.04 Å². The molecule has 2 nitrogen and oxygen atoms in total. The predicted octanol–water partition coefficient (Wildman–Crippen LogP) is 2.62. The zero-order chi connectivity index (χ0) is 10.5. The van der Waals surface area contributed by atoms with Crippen LogP contribution in [0.3, 0.4) is 0 Å². The van der Waals surface area contributed by atoms with E-state index in [-0.39, 0.29) is 0 Å². The van der Waals surface area contributed by atoms with E-state index in [1.807, 2.05) is 11.3 Å². The number of likely N-dealkylation sites (tertiary alicyclic amines) is 1. The SMILES string of the molecule is NC[C@H](c1cccs1)N1CCCCCC1. The fraction of sp³-hybridized carbons (Fsp3) is 0.667. The summed E-state index contributed by atoms with van der Waals surface area (Å²) >= 11 is 1.83. The fourth-order valence-electron chi connectivity index (χ4n) is 2.33. The molecule has 1 atom stereocenters. The molecule has 15 heavy (non-hydrogen) atoms. The minimum atomic E-state index is 0.461. The van der Waals surface area contributed by atoms with Crippen molar-refractivity contribution in [2.75, 3.05) is 19.6 Å². The van der Waals surface area contributed by atoms with Crippen molar-refractivity contribution in [1.82, 2.24) is 4.90 Å². The van der Waals surface area contributed by atoms with Crippen LogP contribution in [0.2, 0.25) is 0 Å². The quantitative estimate of drug-likeness (QED) is 0.855. The number of thiophene rings is 1. The van der Waals surface area contributed by atoms with E-state index in [1.54, 1.807) is 0 Å². The highest BCUT2D eigenvalue weighted by Gasteiger charge is 2.20. The van der Waals surface area contributed by atoms with Gasteiger partial charge in [-0.05, 0) is 37.4 Å². The lowest BCUT2D eigenvalue weighted by Gasteiger charge is -2.28. The third-order valence-electron chi connectivity index (χ3n) is 3.18. The maximum Gasteiger partial charge on any atom is 0.0564 e. The Balaban J connectivity index is 2.04. The van der Waals surface area contributed by atoms with Crippen LogP contribution in [-0.4, -0.2) is 24.5 Å². The van der Waals surface area contributed by atoms with Crippen molar-refractivity contribution < 1.29 is 0 Å². The van der Waals surface area contributed by atoms with Crippen molar-refractivity contribution in [3.8, 4) is 0 Å². The summed E-state index contributed by atoms with van der Waals surface area (Å²) in [7, 11) is 0. The predicted molar refractivity (Wildman–Crippen MR) is 66.2 cm³/mol. The average Bonchev–Trinajstić information content (AvgIpc) is 2.63. The topological polar surface area (TPSA) is 29.3 Å². The van der Waals surface area contributed by atoms with E-state index in [4.69, 9.17) is 5.73 Å². The first-order valence-corrected chi connectivity index (χ1v) is 6.77. The van der Waals surface area contributed by atoms with Gasteiger partial charge in [0.15, 0.2) is 0 Å². The molecule has 3 heteroatoms. The van der Waals surface area contributed by atoms with Crippen LogP contribution in [0, 0.1) is 0 Å². The second kappa shape index (κ2) is 5.64. The highest BCUT2D eigenvalue weighted by Crippen LogP contribution is 2.26. The van der Waals surface area contributed by atoms with Gasteiger partial charge in [0.2, 0.25) is 0 Å². The van der Waals surface area contributed by atoms with Gasteiger partial charge < -0.3 is 5.73 Å². The Morgan fingerprint density at radius 1 is 1.27 bits per heavy atom. The third-order valence-corrected chi connectivity index (χ3v) is 4.15.